The van der Waals surface area contributed by atoms with E-state index in [1.165, 1.54) is 5.41 Å². The first-order valence-electron chi connectivity index (χ1n) is 6.94. The Labute approximate surface area is 121 Å². The average molecular weight is 297 g/mol. The summed E-state index contributed by atoms with van der Waals surface area (Å²) >= 11 is 0. The van der Waals surface area contributed by atoms with Crippen molar-refractivity contribution in [1.29, 1.82) is 0 Å². The molecule has 0 aliphatic rings. The first-order chi connectivity index (χ1) is 9.64. The van der Waals surface area contributed by atoms with Gasteiger partial charge in [0.2, 0.25) is 10.0 Å². The largest absolute Gasteiger partial charge is 0.381 e. The predicted molar refractivity (Wildman–Crippen MR) is 82.7 cm³/mol. The van der Waals surface area contributed by atoms with E-state index in [0.717, 1.165) is 25.0 Å². The van der Waals surface area contributed by atoms with Crippen molar-refractivity contribution in [2.24, 2.45) is 0 Å². The first kappa shape index (κ1) is 16.9. The second kappa shape index (κ2) is 9.69. The summed E-state index contributed by atoms with van der Waals surface area (Å²) in [6.07, 6.45) is 4.42. The van der Waals surface area contributed by atoms with Crippen LogP contribution in [0.1, 0.15) is 31.7 Å². The van der Waals surface area contributed by atoms with Gasteiger partial charge in [0.1, 0.15) is 0 Å². The summed E-state index contributed by atoms with van der Waals surface area (Å²) in [5, 5.41) is 1.19. The molecule has 0 atom stereocenters. The normalized spacial score (nSPS) is 12.1. The minimum atomic E-state index is -3.36. The molecule has 0 amide bonds. The predicted octanol–water partition coefficient (Wildman–Crippen LogP) is 2.78. The summed E-state index contributed by atoms with van der Waals surface area (Å²) in [5.74, 6) is 0. The fourth-order valence-corrected chi connectivity index (χ4v) is 2.38. The maximum atomic E-state index is 11.7. The highest BCUT2D eigenvalue weighted by Crippen LogP contribution is 2.02. The quantitative estimate of drug-likeness (QED) is 0.676. The zero-order valence-corrected chi connectivity index (χ0v) is 12.7. The van der Waals surface area contributed by atoms with Gasteiger partial charge < -0.3 is 4.74 Å². The lowest BCUT2D eigenvalue weighted by Gasteiger charge is -2.04. The molecule has 0 fully saturated rings. The number of ether oxygens (including phenoxy) is 1. The topological polar surface area (TPSA) is 55.4 Å². The molecule has 1 aromatic rings. The minimum Gasteiger partial charge on any atom is -0.381 e. The smallest absolute Gasteiger partial charge is 0.233 e. The Balaban J connectivity index is 2.23. The first-order valence-corrected chi connectivity index (χ1v) is 8.49. The van der Waals surface area contributed by atoms with Crippen LogP contribution in [0, 0.1) is 0 Å². The van der Waals surface area contributed by atoms with Crippen LogP contribution in [0.3, 0.4) is 0 Å². The molecule has 1 N–H and O–H groups in total. The summed E-state index contributed by atoms with van der Waals surface area (Å²) in [6, 6.07) is 9.34. The molecule has 0 spiro atoms. The molecule has 5 heteroatoms. The van der Waals surface area contributed by atoms with Crippen LogP contribution in [0.25, 0.3) is 6.08 Å². The maximum Gasteiger partial charge on any atom is 0.233 e. The lowest BCUT2D eigenvalue weighted by molar-refractivity contribution is 0.130. The molecule has 1 rings (SSSR count). The number of hydrogen-bond acceptors (Lipinski definition) is 3. The molecule has 4 nitrogen and oxygen atoms in total. The van der Waals surface area contributed by atoms with Gasteiger partial charge in [-0.2, -0.15) is 0 Å². The van der Waals surface area contributed by atoms with Crippen molar-refractivity contribution >= 4 is 16.1 Å². The van der Waals surface area contributed by atoms with Crippen LogP contribution in [0.4, 0.5) is 0 Å². The van der Waals surface area contributed by atoms with Gasteiger partial charge in [0.15, 0.2) is 0 Å². The third kappa shape index (κ3) is 8.09. The van der Waals surface area contributed by atoms with Gasteiger partial charge in [0.25, 0.3) is 0 Å². The molecule has 0 radical (unpaired) electrons. The Kier molecular flexibility index (Phi) is 8.18. The third-order valence-electron chi connectivity index (χ3n) is 2.65. The van der Waals surface area contributed by atoms with Crippen molar-refractivity contribution in [3.05, 3.63) is 41.3 Å². The van der Waals surface area contributed by atoms with E-state index in [1.54, 1.807) is 6.08 Å². The lowest BCUT2D eigenvalue weighted by Crippen LogP contribution is -2.23. The summed E-state index contributed by atoms with van der Waals surface area (Å²) in [5.41, 5.74) is 0.862. The fourth-order valence-electron chi connectivity index (χ4n) is 1.52. The van der Waals surface area contributed by atoms with Crippen molar-refractivity contribution in [2.75, 3.05) is 19.8 Å². The van der Waals surface area contributed by atoms with E-state index in [0.29, 0.717) is 19.6 Å². The highest BCUT2D eigenvalue weighted by molar-refractivity contribution is 7.92. The molecular weight excluding hydrogens is 274 g/mol. The Morgan fingerprint density at radius 3 is 2.55 bits per heavy atom. The van der Waals surface area contributed by atoms with Gasteiger partial charge in [-0.1, -0.05) is 43.7 Å². The second-order valence-electron chi connectivity index (χ2n) is 4.47. The van der Waals surface area contributed by atoms with E-state index in [9.17, 15) is 8.42 Å². The van der Waals surface area contributed by atoms with Crippen LogP contribution in [0.5, 0.6) is 0 Å². The van der Waals surface area contributed by atoms with Crippen LogP contribution >= 0.6 is 0 Å². The Morgan fingerprint density at radius 1 is 1.15 bits per heavy atom. The van der Waals surface area contributed by atoms with Crippen LogP contribution in [-0.2, 0) is 14.8 Å². The zero-order chi connectivity index (χ0) is 14.7. The number of unbranched alkanes of at least 4 members (excludes halogenated alkanes) is 1. The fraction of sp³-hybridized carbons (Fsp3) is 0.467. The van der Waals surface area contributed by atoms with Crippen molar-refractivity contribution in [3.8, 4) is 0 Å². The van der Waals surface area contributed by atoms with Gasteiger partial charge in [-0.3, -0.25) is 0 Å². The van der Waals surface area contributed by atoms with Crippen LogP contribution in [0.15, 0.2) is 35.7 Å². The van der Waals surface area contributed by atoms with E-state index in [-0.39, 0.29) is 0 Å². The van der Waals surface area contributed by atoms with Crippen LogP contribution < -0.4 is 4.72 Å². The lowest BCUT2D eigenvalue weighted by atomic mass is 10.2. The van der Waals surface area contributed by atoms with Crippen molar-refractivity contribution in [2.45, 2.75) is 26.2 Å². The van der Waals surface area contributed by atoms with Gasteiger partial charge in [-0.25, -0.2) is 13.1 Å². The number of nitrogens with one attached hydrogen (secondary N) is 1. The Hall–Kier alpha value is -1.17. The highest BCUT2D eigenvalue weighted by atomic mass is 32.2. The number of sulfonamides is 1. The van der Waals surface area contributed by atoms with Crippen molar-refractivity contribution < 1.29 is 13.2 Å². The van der Waals surface area contributed by atoms with Crippen LogP contribution in [-0.4, -0.2) is 28.2 Å². The molecule has 0 saturated carbocycles. The Morgan fingerprint density at radius 2 is 1.85 bits per heavy atom. The molecule has 20 heavy (non-hydrogen) atoms. The van der Waals surface area contributed by atoms with E-state index in [1.807, 2.05) is 30.3 Å². The summed E-state index contributed by atoms with van der Waals surface area (Å²) < 4.78 is 31.3. The van der Waals surface area contributed by atoms with Gasteiger partial charge in [-0.05, 0) is 24.5 Å². The van der Waals surface area contributed by atoms with E-state index < -0.39 is 10.0 Å². The molecular formula is C15H23NO3S. The molecule has 0 aromatic heterocycles. The Bertz CT molecular complexity index is 483. The molecule has 0 unspecified atom stereocenters. The van der Waals surface area contributed by atoms with Gasteiger partial charge in [0.05, 0.1) is 0 Å². The van der Waals surface area contributed by atoms with Gasteiger partial charge >= 0.3 is 0 Å². The number of benzene rings is 1. The van der Waals surface area contributed by atoms with E-state index in [4.69, 9.17) is 4.74 Å². The molecule has 0 bridgehead atoms. The molecule has 0 aliphatic carbocycles. The molecule has 0 heterocycles. The van der Waals surface area contributed by atoms with Crippen molar-refractivity contribution in [3.63, 3.8) is 0 Å². The maximum absolute atomic E-state index is 11.7. The third-order valence-corrected chi connectivity index (χ3v) is 3.75. The molecule has 1 aromatic carbocycles. The van der Waals surface area contributed by atoms with E-state index >= 15 is 0 Å². The highest BCUT2D eigenvalue weighted by Gasteiger charge is 2.03. The summed E-state index contributed by atoms with van der Waals surface area (Å²) in [4.78, 5) is 0. The SMILES string of the molecule is CCCCOCCCNS(=O)(=O)/C=C/c1ccccc1. The molecule has 0 aliphatic heterocycles. The summed E-state index contributed by atoms with van der Waals surface area (Å²) in [7, 11) is -3.36. The van der Waals surface area contributed by atoms with E-state index in [2.05, 4.69) is 11.6 Å². The van der Waals surface area contributed by atoms with Crippen molar-refractivity contribution in [1.82, 2.24) is 4.72 Å². The summed E-state index contributed by atoms with van der Waals surface area (Å²) in [6.45, 7) is 3.84. The molecule has 112 valence electrons. The zero-order valence-electron chi connectivity index (χ0n) is 11.9. The standard InChI is InChI=1S/C15H23NO3S/c1-2-3-12-19-13-7-11-16-20(17,18)14-10-15-8-5-4-6-9-15/h4-6,8-10,14,16H,2-3,7,11-13H2,1H3/b14-10+. The number of hydrogen-bond donors (Lipinski definition) is 1. The molecule has 0 saturated heterocycles. The number of rotatable bonds is 10. The monoisotopic (exact) mass is 297 g/mol. The average Bonchev–Trinajstić information content (AvgIpc) is 2.45. The van der Waals surface area contributed by atoms with Gasteiger partial charge in [0, 0.05) is 25.2 Å². The van der Waals surface area contributed by atoms with Crippen LogP contribution in [0.2, 0.25) is 0 Å². The second-order valence-corrected chi connectivity index (χ2v) is 6.12. The van der Waals surface area contributed by atoms with Gasteiger partial charge in [-0.15, -0.1) is 0 Å². The minimum absolute atomic E-state index is 0.396.